The third-order valence-electron chi connectivity index (χ3n) is 5.50. The summed E-state index contributed by atoms with van der Waals surface area (Å²) in [7, 11) is 0. The molecular weight excluding hydrogens is 406 g/mol. The molecule has 1 amide bonds. The van der Waals surface area contributed by atoms with Crippen molar-refractivity contribution in [2.24, 2.45) is 5.10 Å². The van der Waals surface area contributed by atoms with Crippen LogP contribution in [0.15, 0.2) is 59.7 Å². The maximum atomic E-state index is 13.2. The van der Waals surface area contributed by atoms with Crippen LogP contribution in [0.4, 0.5) is 10.5 Å². The summed E-state index contributed by atoms with van der Waals surface area (Å²) in [4.78, 5) is 28.0. The number of anilines is 1. The largest absolute Gasteiger partial charge is 0.461 e. The molecule has 2 atom stereocenters. The number of esters is 1. The molecule has 7 nitrogen and oxygen atoms in total. The molecule has 4 rings (SSSR count). The number of carbonyl (C=O) groups excluding carboxylic acids is 2. The zero-order valence-electron chi connectivity index (χ0n) is 18.9. The van der Waals surface area contributed by atoms with Gasteiger partial charge in [0, 0.05) is 24.6 Å². The molecule has 0 saturated heterocycles. The van der Waals surface area contributed by atoms with Gasteiger partial charge in [0.05, 0.1) is 6.61 Å². The zero-order chi connectivity index (χ0) is 22.9. The number of ether oxygens (including phenoxy) is 2. The van der Waals surface area contributed by atoms with E-state index in [0.717, 1.165) is 16.8 Å². The summed E-state index contributed by atoms with van der Waals surface area (Å²) in [6.45, 7) is 8.04. The Balaban J connectivity index is 1.78. The van der Waals surface area contributed by atoms with Crippen molar-refractivity contribution in [3.63, 3.8) is 0 Å². The fourth-order valence-corrected chi connectivity index (χ4v) is 4.29. The molecule has 0 bridgehead atoms. The number of amides is 1. The number of fused-ring (bicyclic) bond motifs is 3. The van der Waals surface area contributed by atoms with Gasteiger partial charge in [-0.15, -0.1) is 0 Å². The van der Waals surface area contributed by atoms with Crippen LogP contribution in [0.5, 0.6) is 0 Å². The first-order chi connectivity index (χ1) is 15.3. The zero-order valence-corrected chi connectivity index (χ0v) is 18.9. The van der Waals surface area contributed by atoms with E-state index in [2.05, 4.69) is 28.2 Å². The number of carbonyl (C=O) groups is 2. The number of hydrogen-bond acceptors (Lipinski definition) is 6. The van der Waals surface area contributed by atoms with Crippen LogP contribution in [-0.2, 0) is 20.8 Å². The van der Waals surface area contributed by atoms with E-state index >= 15 is 0 Å². The van der Waals surface area contributed by atoms with E-state index in [9.17, 15) is 9.59 Å². The summed E-state index contributed by atoms with van der Waals surface area (Å²) in [5.74, 6) is -0.627. The third kappa shape index (κ3) is 4.33. The Hall–Kier alpha value is -3.35. The maximum absolute atomic E-state index is 13.2. The maximum Gasteiger partial charge on any atom is 0.432 e. The fraction of sp³-hybridized carbons (Fsp3) is 0.400. The number of para-hydroxylation sites is 1. The van der Waals surface area contributed by atoms with E-state index in [-0.39, 0.29) is 18.2 Å². The van der Waals surface area contributed by atoms with Crippen LogP contribution in [-0.4, -0.2) is 41.2 Å². The number of hydrogen-bond donors (Lipinski definition) is 0. The molecule has 0 aliphatic carbocycles. The van der Waals surface area contributed by atoms with Crippen molar-refractivity contribution < 1.29 is 19.1 Å². The Morgan fingerprint density at radius 3 is 2.44 bits per heavy atom. The predicted octanol–water partition coefficient (Wildman–Crippen LogP) is 4.68. The minimum atomic E-state index is -0.695. The lowest BCUT2D eigenvalue weighted by Gasteiger charge is -2.39. The second kappa shape index (κ2) is 8.65. The Kier molecular flexibility index (Phi) is 5.91. The summed E-state index contributed by atoms with van der Waals surface area (Å²) >= 11 is 0. The molecule has 2 aliphatic rings. The van der Waals surface area contributed by atoms with Gasteiger partial charge in [0.1, 0.15) is 17.5 Å². The molecule has 2 aliphatic heterocycles. The van der Waals surface area contributed by atoms with Crippen LogP contribution in [0, 0.1) is 0 Å². The van der Waals surface area contributed by atoms with E-state index in [1.54, 1.807) is 6.92 Å². The summed E-state index contributed by atoms with van der Waals surface area (Å²) in [5.41, 5.74) is 2.76. The van der Waals surface area contributed by atoms with E-state index < -0.39 is 23.8 Å². The van der Waals surface area contributed by atoms with Gasteiger partial charge in [-0.2, -0.15) is 10.1 Å². The average Bonchev–Trinajstić information content (AvgIpc) is 3.06. The van der Waals surface area contributed by atoms with Crippen LogP contribution in [0.3, 0.4) is 0 Å². The van der Waals surface area contributed by atoms with Gasteiger partial charge in [-0.05, 0) is 44.9 Å². The van der Waals surface area contributed by atoms with Crippen LogP contribution in [0.25, 0.3) is 0 Å². The minimum absolute atomic E-state index is 0.126. The van der Waals surface area contributed by atoms with E-state index in [1.807, 2.05) is 57.2 Å². The quantitative estimate of drug-likeness (QED) is 0.653. The lowest BCUT2D eigenvalue weighted by molar-refractivity contribution is -0.135. The molecule has 0 aromatic heterocycles. The third-order valence-corrected chi connectivity index (χ3v) is 5.50. The molecule has 0 N–H and O–H groups in total. The van der Waals surface area contributed by atoms with Gasteiger partial charge < -0.3 is 14.4 Å². The van der Waals surface area contributed by atoms with Crippen LogP contribution < -0.4 is 4.90 Å². The highest BCUT2D eigenvalue weighted by molar-refractivity contribution is 6.36. The molecule has 2 heterocycles. The standard InChI is InChI=1S/C25H29N3O4/c1-5-31-23(29)20-15-19-18-13-9-10-14-21(18)27(16-17-11-7-6-8-12-17)22(19)28(26-20)24(30)32-25(2,3)4/h6-14,19,22H,5,15-16H2,1-4H3/t19-,22-/m0/s1. The first kappa shape index (κ1) is 21.9. The normalized spacial score (nSPS) is 19.7. The van der Waals surface area contributed by atoms with Gasteiger partial charge >= 0.3 is 12.1 Å². The summed E-state index contributed by atoms with van der Waals surface area (Å²) in [5, 5.41) is 5.79. The van der Waals surface area contributed by atoms with E-state index in [1.165, 1.54) is 5.01 Å². The smallest absolute Gasteiger partial charge is 0.432 e. The highest BCUT2D eigenvalue weighted by Gasteiger charge is 2.49. The molecule has 0 fully saturated rings. The Labute approximate surface area is 188 Å². The Morgan fingerprint density at radius 1 is 1.06 bits per heavy atom. The summed E-state index contributed by atoms with van der Waals surface area (Å²) in [6.07, 6.45) is -0.592. The second-order valence-corrected chi connectivity index (χ2v) is 8.99. The summed E-state index contributed by atoms with van der Waals surface area (Å²) < 4.78 is 10.9. The molecule has 2 aromatic carbocycles. The van der Waals surface area contributed by atoms with Crippen molar-refractivity contribution in [2.45, 2.75) is 58.3 Å². The molecule has 0 spiro atoms. The molecule has 0 radical (unpaired) electrons. The van der Waals surface area contributed by atoms with Gasteiger partial charge in [0.15, 0.2) is 0 Å². The van der Waals surface area contributed by atoms with Crippen molar-refractivity contribution in [3.8, 4) is 0 Å². The van der Waals surface area contributed by atoms with Gasteiger partial charge in [0.25, 0.3) is 0 Å². The molecule has 0 unspecified atom stereocenters. The minimum Gasteiger partial charge on any atom is -0.461 e. The molecule has 32 heavy (non-hydrogen) atoms. The molecular formula is C25H29N3O4. The van der Waals surface area contributed by atoms with Gasteiger partial charge in [-0.1, -0.05) is 48.5 Å². The first-order valence-corrected chi connectivity index (χ1v) is 10.9. The van der Waals surface area contributed by atoms with Crippen LogP contribution in [0.1, 0.15) is 51.2 Å². The lowest BCUT2D eigenvalue weighted by Crippen LogP contribution is -2.53. The lowest BCUT2D eigenvalue weighted by atomic mass is 9.91. The van der Waals surface area contributed by atoms with Crippen LogP contribution >= 0.6 is 0 Å². The van der Waals surface area contributed by atoms with Crippen molar-refractivity contribution in [2.75, 3.05) is 11.5 Å². The molecule has 7 heteroatoms. The van der Waals surface area contributed by atoms with Crippen molar-refractivity contribution >= 4 is 23.5 Å². The Bertz CT molecular complexity index is 1030. The number of hydrazone groups is 1. The first-order valence-electron chi connectivity index (χ1n) is 10.9. The van der Waals surface area contributed by atoms with Crippen LogP contribution in [0.2, 0.25) is 0 Å². The number of rotatable bonds is 4. The SMILES string of the molecule is CCOC(=O)C1=NN(C(=O)OC(C)(C)C)[C@H]2[C@@H](C1)c1ccccc1N2Cc1ccccc1. The van der Waals surface area contributed by atoms with Gasteiger partial charge in [-0.25, -0.2) is 9.59 Å². The van der Waals surface area contributed by atoms with Gasteiger partial charge in [0.2, 0.25) is 0 Å². The fourth-order valence-electron chi connectivity index (χ4n) is 4.29. The Morgan fingerprint density at radius 2 is 1.75 bits per heavy atom. The molecule has 168 valence electrons. The monoisotopic (exact) mass is 435 g/mol. The highest BCUT2D eigenvalue weighted by Crippen LogP contribution is 2.47. The average molecular weight is 436 g/mol. The van der Waals surface area contributed by atoms with Crippen molar-refractivity contribution in [3.05, 3.63) is 65.7 Å². The van der Waals surface area contributed by atoms with Crippen molar-refractivity contribution in [1.29, 1.82) is 0 Å². The summed E-state index contributed by atoms with van der Waals surface area (Å²) in [6, 6.07) is 18.2. The van der Waals surface area contributed by atoms with E-state index in [0.29, 0.717) is 13.0 Å². The predicted molar refractivity (Wildman–Crippen MR) is 122 cm³/mol. The second-order valence-electron chi connectivity index (χ2n) is 8.99. The molecule has 2 aromatic rings. The highest BCUT2D eigenvalue weighted by atomic mass is 16.6. The van der Waals surface area contributed by atoms with E-state index in [4.69, 9.17) is 9.47 Å². The molecule has 0 saturated carbocycles. The van der Waals surface area contributed by atoms with Crippen molar-refractivity contribution in [1.82, 2.24) is 5.01 Å². The van der Waals surface area contributed by atoms with Gasteiger partial charge in [-0.3, -0.25) is 0 Å². The number of benzene rings is 2. The topological polar surface area (TPSA) is 71.4 Å². The number of nitrogens with zero attached hydrogens (tertiary/aromatic N) is 3.